The van der Waals surface area contributed by atoms with Crippen molar-refractivity contribution < 1.29 is 64.6 Å². The van der Waals surface area contributed by atoms with Crippen molar-refractivity contribution >= 4 is 5.91 Å². The molecular formula is C74H123NO13. The summed E-state index contributed by atoms with van der Waals surface area (Å²) in [7, 11) is 0. The molecule has 12 atom stereocenters. The average Bonchev–Trinajstić information content (AvgIpc) is 2.07. The molecule has 2 saturated heterocycles. The number of aliphatic hydroxyl groups excluding tert-OH is 8. The summed E-state index contributed by atoms with van der Waals surface area (Å²) in [5.74, 6) is -0.243. The quantitative estimate of drug-likeness (QED) is 0.0204. The summed E-state index contributed by atoms with van der Waals surface area (Å²) >= 11 is 0. The minimum absolute atomic E-state index is 0.243. The lowest BCUT2D eigenvalue weighted by atomic mass is 9.97. The fourth-order valence-electron chi connectivity index (χ4n) is 10.4. The summed E-state index contributed by atoms with van der Waals surface area (Å²) in [5.41, 5.74) is 0. The van der Waals surface area contributed by atoms with Crippen LogP contribution in [0.1, 0.15) is 232 Å². The Morgan fingerprint density at radius 3 is 1.19 bits per heavy atom. The number of amides is 1. The Kier molecular flexibility index (Phi) is 52.0. The van der Waals surface area contributed by atoms with E-state index in [0.29, 0.717) is 12.8 Å². The summed E-state index contributed by atoms with van der Waals surface area (Å²) < 4.78 is 22.9. The Balaban J connectivity index is 1.68. The van der Waals surface area contributed by atoms with E-state index in [-0.39, 0.29) is 18.9 Å². The molecule has 2 aliphatic rings. The summed E-state index contributed by atoms with van der Waals surface area (Å²) in [5, 5.41) is 87.5. The van der Waals surface area contributed by atoms with Crippen LogP contribution in [0.25, 0.3) is 0 Å². The number of nitrogens with one attached hydrogen (secondary N) is 1. The lowest BCUT2D eigenvalue weighted by molar-refractivity contribution is -0.359. The molecule has 14 nitrogen and oxygen atoms in total. The normalized spacial score (nSPS) is 24.0. The highest BCUT2D eigenvalue weighted by Crippen LogP contribution is 2.30. The zero-order chi connectivity index (χ0) is 63.8. The second-order valence-electron chi connectivity index (χ2n) is 23.6. The summed E-state index contributed by atoms with van der Waals surface area (Å²) in [6, 6.07) is -0.857. The zero-order valence-electron chi connectivity index (χ0n) is 54.4. The van der Waals surface area contributed by atoms with Crippen LogP contribution in [-0.4, -0.2) is 140 Å². The van der Waals surface area contributed by atoms with Gasteiger partial charge in [0, 0.05) is 6.42 Å². The molecule has 0 aromatic heterocycles. The van der Waals surface area contributed by atoms with E-state index in [1.807, 2.05) is 0 Å². The van der Waals surface area contributed by atoms with Crippen LogP contribution in [0.3, 0.4) is 0 Å². The van der Waals surface area contributed by atoms with E-state index in [0.717, 1.165) is 116 Å². The van der Waals surface area contributed by atoms with Crippen molar-refractivity contribution in [3.63, 3.8) is 0 Å². The molecule has 1 amide bonds. The monoisotopic (exact) mass is 1230 g/mol. The number of ether oxygens (including phenoxy) is 4. The smallest absolute Gasteiger partial charge is 0.220 e. The fraction of sp³-hybridized carbons (Fsp3) is 0.689. The maximum atomic E-state index is 13.3. The third kappa shape index (κ3) is 40.8. The number of rotatable bonds is 54. The highest BCUT2D eigenvalue weighted by atomic mass is 16.7. The molecule has 0 aliphatic carbocycles. The van der Waals surface area contributed by atoms with Crippen LogP contribution in [0, 0.1) is 0 Å². The van der Waals surface area contributed by atoms with E-state index in [9.17, 15) is 45.6 Å². The second-order valence-corrected chi connectivity index (χ2v) is 23.6. The van der Waals surface area contributed by atoms with E-state index < -0.39 is 86.8 Å². The third-order valence-corrected chi connectivity index (χ3v) is 15.9. The van der Waals surface area contributed by atoms with Crippen LogP contribution >= 0.6 is 0 Å². The SMILES string of the molecule is CC/C=C\C/C=C\C/C=C\C/C=C\C/C=C\C/C=C\C/C=C\C/C=C\C/C=C\C/C=C\C/C=C\CCCCCC(=O)NC(COC1OC(CO)C(OC2OC(CO)C(O)C(O)C2O)C(O)C1O)C(O)CCCCCCCCCCCCCCCCCCC. The van der Waals surface area contributed by atoms with Crippen LogP contribution < -0.4 is 5.32 Å². The van der Waals surface area contributed by atoms with Gasteiger partial charge in [-0.05, 0) is 96.3 Å². The van der Waals surface area contributed by atoms with Gasteiger partial charge in [-0.1, -0.05) is 263 Å². The zero-order valence-corrected chi connectivity index (χ0v) is 54.4. The minimum Gasteiger partial charge on any atom is -0.394 e. The maximum absolute atomic E-state index is 13.3. The Hall–Kier alpha value is -3.87. The predicted octanol–water partition coefficient (Wildman–Crippen LogP) is 13.9. The van der Waals surface area contributed by atoms with E-state index in [1.54, 1.807) is 0 Å². The molecule has 2 heterocycles. The Morgan fingerprint density at radius 2 is 0.784 bits per heavy atom. The largest absolute Gasteiger partial charge is 0.394 e. The first kappa shape index (κ1) is 80.2. The van der Waals surface area contributed by atoms with Gasteiger partial charge in [0.1, 0.15) is 48.8 Å². The first-order valence-corrected chi connectivity index (χ1v) is 34.4. The molecular weight excluding hydrogens is 1110 g/mol. The summed E-state index contributed by atoms with van der Waals surface area (Å²) in [4.78, 5) is 13.3. The Morgan fingerprint density at radius 1 is 0.420 bits per heavy atom. The van der Waals surface area contributed by atoms with Crippen LogP contribution in [0.4, 0.5) is 0 Å². The number of hydrogen-bond donors (Lipinski definition) is 9. The van der Waals surface area contributed by atoms with Gasteiger partial charge in [0.25, 0.3) is 0 Å². The molecule has 0 radical (unpaired) electrons. The third-order valence-electron chi connectivity index (χ3n) is 15.9. The van der Waals surface area contributed by atoms with Crippen molar-refractivity contribution in [2.45, 2.75) is 306 Å². The topological polar surface area (TPSA) is 228 Å². The predicted molar refractivity (Wildman–Crippen MR) is 359 cm³/mol. The van der Waals surface area contributed by atoms with E-state index in [2.05, 4.69) is 153 Å². The van der Waals surface area contributed by atoms with Gasteiger partial charge in [-0.3, -0.25) is 4.79 Å². The molecule has 0 bridgehead atoms. The van der Waals surface area contributed by atoms with Gasteiger partial charge in [-0.15, -0.1) is 0 Å². The van der Waals surface area contributed by atoms with Crippen molar-refractivity contribution in [2.24, 2.45) is 0 Å². The van der Waals surface area contributed by atoms with Crippen molar-refractivity contribution in [3.8, 4) is 0 Å². The first-order valence-electron chi connectivity index (χ1n) is 34.4. The van der Waals surface area contributed by atoms with Crippen LogP contribution in [0.2, 0.25) is 0 Å². The molecule has 88 heavy (non-hydrogen) atoms. The van der Waals surface area contributed by atoms with Gasteiger partial charge in [-0.25, -0.2) is 0 Å². The molecule has 0 spiro atoms. The molecule has 2 aliphatic heterocycles. The molecule has 12 unspecified atom stereocenters. The number of aliphatic hydroxyl groups is 8. The van der Waals surface area contributed by atoms with Gasteiger partial charge >= 0.3 is 0 Å². The van der Waals surface area contributed by atoms with Crippen LogP contribution in [0.5, 0.6) is 0 Å². The molecule has 14 heteroatoms. The maximum Gasteiger partial charge on any atom is 0.220 e. The summed E-state index contributed by atoms with van der Waals surface area (Å²) in [6.45, 7) is 2.72. The average molecular weight is 1230 g/mol. The minimum atomic E-state index is -1.79. The lowest BCUT2D eigenvalue weighted by Gasteiger charge is -2.46. The second kappa shape index (κ2) is 57.1. The molecule has 0 saturated carbocycles. The number of unbranched alkanes of at least 4 members (excludes halogenated alkanes) is 19. The number of carbonyl (C=O) groups excluding carboxylic acids is 1. The summed E-state index contributed by atoms with van der Waals surface area (Å²) in [6.07, 6.45) is 67.4. The molecule has 2 fully saturated rings. The van der Waals surface area contributed by atoms with Crippen molar-refractivity contribution in [3.05, 3.63) is 134 Å². The van der Waals surface area contributed by atoms with Crippen molar-refractivity contribution in [2.75, 3.05) is 19.8 Å². The van der Waals surface area contributed by atoms with E-state index >= 15 is 0 Å². The van der Waals surface area contributed by atoms with Gasteiger partial charge in [-0.2, -0.15) is 0 Å². The standard InChI is InChI=1S/C74H123NO13/c1-3-5-7-9-11-13-15-17-19-21-22-23-24-25-26-27-28-29-30-31-32-33-34-35-36-37-38-39-40-42-44-46-48-50-52-54-56-58-66(79)75-62(63(78)57-55-53-51-49-47-45-43-41-20-18-16-14-12-10-8-6-4-2)61-85-73-71(84)69(82)72(65(60-77)87-73)88-74-70(83)68(81)67(80)64(59-76)86-74/h5,7,11,13,17,19,22-23,25-26,28-29,31-32,34-35,37-38,40,42,46,48,62-65,67-74,76-78,80-84H,3-4,6,8-10,12,14-16,18,20-21,24,27,30,33,36,39,41,43-45,47,49-61H2,1-2H3,(H,75,79)/b7-5-,13-11-,19-17-,23-22-,26-25-,29-28-,32-31-,35-34-,38-37-,42-40-,48-46-. The fourth-order valence-corrected chi connectivity index (χ4v) is 10.4. The molecule has 502 valence electrons. The van der Waals surface area contributed by atoms with E-state index in [1.165, 1.54) is 83.5 Å². The lowest BCUT2D eigenvalue weighted by Crippen LogP contribution is -2.65. The van der Waals surface area contributed by atoms with Crippen LogP contribution in [0.15, 0.2) is 134 Å². The number of allylic oxidation sites excluding steroid dienone is 22. The van der Waals surface area contributed by atoms with Gasteiger partial charge in [0.15, 0.2) is 12.6 Å². The van der Waals surface area contributed by atoms with Crippen molar-refractivity contribution in [1.82, 2.24) is 5.32 Å². The van der Waals surface area contributed by atoms with Crippen LogP contribution in [-0.2, 0) is 23.7 Å². The number of hydrogen-bond acceptors (Lipinski definition) is 13. The van der Waals surface area contributed by atoms with Gasteiger partial charge < -0.3 is 65.1 Å². The molecule has 9 N–H and O–H groups in total. The molecule has 0 aromatic rings. The van der Waals surface area contributed by atoms with Gasteiger partial charge in [0.05, 0.1) is 32.0 Å². The van der Waals surface area contributed by atoms with Crippen molar-refractivity contribution in [1.29, 1.82) is 0 Å². The molecule has 2 rings (SSSR count). The molecule has 0 aromatic carbocycles. The van der Waals surface area contributed by atoms with E-state index in [4.69, 9.17) is 18.9 Å². The Labute approximate surface area is 532 Å². The first-order chi connectivity index (χ1) is 43.1. The van der Waals surface area contributed by atoms with Gasteiger partial charge in [0.2, 0.25) is 5.91 Å². The Bertz CT molecular complexity index is 1990. The highest BCUT2D eigenvalue weighted by Gasteiger charge is 2.51. The number of carbonyl (C=O) groups is 1. The highest BCUT2D eigenvalue weighted by molar-refractivity contribution is 5.76.